The van der Waals surface area contributed by atoms with Gasteiger partial charge in [-0.2, -0.15) is 0 Å². The number of aliphatic carboxylic acids is 1. The fraction of sp³-hybridized carbons (Fsp3) is 0.500. The van der Waals surface area contributed by atoms with E-state index in [0.717, 1.165) is 0 Å². The molecule has 0 aromatic carbocycles. The van der Waals surface area contributed by atoms with Gasteiger partial charge in [0, 0.05) is 12.7 Å². The summed E-state index contributed by atoms with van der Waals surface area (Å²) in [6.07, 6.45) is 2.68. The predicted molar refractivity (Wildman–Crippen MR) is 64.1 cm³/mol. The second kappa shape index (κ2) is 4.89. The predicted octanol–water partition coefficient (Wildman–Crippen LogP) is -0.445. The molecule has 2 rings (SSSR count). The molecule has 0 spiro atoms. The first kappa shape index (κ1) is 12.7. The Morgan fingerprint density at radius 1 is 1.56 bits per heavy atom. The summed E-state index contributed by atoms with van der Waals surface area (Å²) in [5.41, 5.74) is 0. The minimum absolute atomic E-state index is 0.0210. The molecule has 7 nitrogen and oxygen atoms in total. The number of carboxylic acid groups (broad SMARTS) is 1. The summed E-state index contributed by atoms with van der Waals surface area (Å²) in [6, 6.07) is 1.07. The van der Waals surface area contributed by atoms with Crippen LogP contribution in [0.3, 0.4) is 0 Å². The molecule has 0 saturated carbocycles. The number of sulfone groups is 1. The Balaban J connectivity index is 2.25. The van der Waals surface area contributed by atoms with Gasteiger partial charge in [0.25, 0.3) is 0 Å². The van der Waals surface area contributed by atoms with Crippen LogP contribution in [-0.2, 0) is 14.6 Å². The molecule has 1 atom stereocenters. The summed E-state index contributed by atoms with van der Waals surface area (Å²) in [5.74, 6) is -0.585. The van der Waals surface area contributed by atoms with Crippen molar-refractivity contribution in [1.82, 2.24) is 9.97 Å². The Kier molecular flexibility index (Phi) is 3.46. The first-order valence-corrected chi connectivity index (χ1v) is 7.25. The number of carbonyl (C=O) groups is 1. The maximum absolute atomic E-state index is 11.6. The van der Waals surface area contributed by atoms with E-state index in [2.05, 4.69) is 9.97 Å². The van der Waals surface area contributed by atoms with E-state index in [1.807, 2.05) is 0 Å². The van der Waals surface area contributed by atoms with E-state index in [9.17, 15) is 13.2 Å². The second-order valence-electron chi connectivity index (χ2n) is 4.13. The molecule has 0 bridgehead atoms. The van der Waals surface area contributed by atoms with Gasteiger partial charge in [-0.1, -0.05) is 0 Å². The highest BCUT2D eigenvalue weighted by atomic mass is 32.2. The quantitative estimate of drug-likeness (QED) is 0.795. The van der Waals surface area contributed by atoms with Gasteiger partial charge in [0.05, 0.1) is 24.0 Å². The first-order chi connectivity index (χ1) is 8.48. The van der Waals surface area contributed by atoms with E-state index in [0.29, 0.717) is 5.82 Å². The van der Waals surface area contributed by atoms with Gasteiger partial charge in [-0.15, -0.1) is 0 Å². The molecule has 1 N–H and O–H groups in total. The van der Waals surface area contributed by atoms with Gasteiger partial charge >= 0.3 is 5.97 Å². The average molecular weight is 271 g/mol. The van der Waals surface area contributed by atoms with Gasteiger partial charge in [0.1, 0.15) is 12.1 Å². The Morgan fingerprint density at radius 3 is 2.94 bits per heavy atom. The number of hydrogen-bond donors (Lipinski definition) is 1. The molecule has 0 aliphatic carbocycles. The number of rotatable bonds is 3. The van der Waals surface area contributed by atoms with Gasteiger partial charge in [-0.3, -0.25) is 4.79 Å². The number of aromatic nitrogens is 2. The minimum atomic E-state index is -3.17. The zero-order chi connectivity index (χ0) is 13.2. The van der Waals surface area contributed by atoms with E-state index in [1.165, 1.54) is 6.33 Å². The van der Waals surface area contributed by atoms with Crippen molar-refractivity contribution < 1.29 is 18.3 Å². The smallest absolute Gasteiger partial charge is 0.305 e. The van der Waals surface area contributed by atoms with Crippen molar-refractivity contribution in [3.63, 3.8) is 0 Å². The number of anilines is 1. The van der Waals surface area contributed by atoms with Crippen LogP contribution in [0.4, 0.5) is 5.82 Å². The molecule has 0 amide bonds. The van der Waals surface area contributed by atoms with Crippen LogP contribution in [0.2, 0.25) is 0 Å². The van der Waals surface area contributed by atoms with Crippen molar-refractivity contribution in [1.29, 1.82) is 0 Å². The molecule has 0 radical (unpaired) electrons. The molecule has 1 saturated heterocycles. The van der Waals surface area contributed by atoms with Crippen LogP contribution in [0.1, 0.15) is 6.42 Å². The largest absolute Gasteiger partial charge is 0.481 e. The normalized spacial score (nSPS) is 22.7. The van der Waals surface area contributed by atoms with Crippen LogP contribution in [0, 0.1) is 0 Å². The lowest BCUT2D eigenvalue weighted by Crippen LogP contribution is -2.49. The topological polar surface area (TPSA) is 100 Å². The van der Waals surface area contributed by atoms with Crippen LogP contribution in [-0.4, -0.2) is 53.6 Å². The fourth-order valence-electron chi connectivity index (χ4n) is 2.01. The Bertz CT molecular complexity index is 531. The van der Waals surface area contributed by atoms with Crippen molar-refractivity contribution in [3.8, 4) is 0 Å². The van der Waals surface area contributed by atoms with Crippen LogP contribution in [0.15, 0.2) is 18.6 Å². The standard InChI is InChI=1S/C10H13N3O4S/c14-10(15)5-8-6-18(16,17)4-3-13(8)9-1-2-11-7-12-9/h1-2,7-8H,3-6H2,(H,14,15). The van der Waals surface area contributed by atoms with Gasteiger partial charge in [-0.25, -0.2) is 18.4 Å². The Hall–Kier alpha value is -1.70. The molecule has 1 fully saturated rings. The summed E-state index contributed by atoms with van der Waals surface area (Å²) >= 11 is 0. The van der Waals surface area contributed by atoms with Crippen LogP contribution < -0.4 is 4.90 Å². The zero-order valence-corrected chi connectivity index (χ0v) is 10.4. The summed E-state index contributed by atoms with van der Waals surface area (Å²) in [5, 5.41) is 8.85. The molecule has 1 unspecified atom stereocenters. The van der Waals surface area contributed by atoms with E-state index < -0.39 is 21.8 Å². The lowest BCUT2D eigenvalue weighted by atomic mass is 10.2. The molecule has 18 heavy (non-hydrogen) atoms. The SMILES string of the molecule is O=C(O)CC1CS(=O)(=O)CCN1c1ccncn1. The summed E-state index contributed by atoms with van der Waals surface area (Å²) in [7, 11) is -3.17. The second-order valence-corrected chi connectivity index (χ2v) is 6.36. The summed E-state index contributed by atoms with van der Waals surface area (Å²) in [4.78, 5) is 20.3. The third-order valence-electron chi connectivity index (χ3n) is 2.80. The Morgan fingerprint density at radius 2 is 2.33 bits per heavy atom. The molecule has 1 aromatic heterocycles. The van der Waals surface area contributed by atoms with Crippen molar-refractivity contribution in [2.75, 3.05) is 23.0 Å². The molecular formula is C10H13N3O4S. The molecule has 1 aliphatic heterocycles. The van der Waals surface area contributed by atoms with Gasteiger partial charge in [-0.05, 0) is 6.07 Å². The molecule has 8 heteroatoms. The van der Waals surface area contributed by atoms with E-state index in [1.54, 1.807) is 17.2 Å². The van der Waals surface area contributed by atoms with Gasteiger partial charge < -0.3 is 10.0 Å². The van der Waals surface area contributed by atoms with Gasteiger partial charge in [0.2, 0.25) is 0 Å². The average Bonchev–Trinajstić information content (AvgIpc) is 2.28. The number of carboxylic acids is 1. The number of hydrogen-bond acceptors (Lipinski definition) is 6. The third kappa shape index (κ3) is 2.95. The van der Waals surface area contributed by atoms with Crippen LogP contribution >= 0.6 is 0 Å². The molecule has 1 aliphatic rings. The Labute approximate surface area is 104 Å². The molecule has 98 valence electrons. The number of nitrogens with zero attached hydrogens (tertiary/aromatic N) is 3. The lowest BCUT2D eigenvalue weighted by Gasteiger charge is -2.35. The van der Waals surface area contributed by atoms with Crippen molar-refractivity contribution in [2.24, 2.45) is 0 Å². The highest BCUT2D eigenvalue weighted by Gasteiger charge is 2.33. The molecule has 1 aromatic rings. The molecule has 2 heterocycles. The van der Waals surface area contributed by atoms with E-state index in [-0.39, 0.29) is 24.5 Å². The summed E-state index contributed by atoms with van der Waals surface area (Å²) < 4.78 is 23.1. The monoisotopic (exact) mass is 271 g/mol. The van der Waals surface area contributed by atoms with Crippen molar-refractivity contribution >= 4 is 21.6 Å². The van der Waals surface area contributed by atoms with Crippen molar-refractivity contribution in [2.45, 2.75) is 12.5 Å². The maximum atomic E-state index is 11.6. The third-order valence-corrected chi connectivity index (χ3v) is 4.50. The highest BCUT2D eigenvalue weighted by molar-refractivity contribution is 7.91. The van der Waals surface area contributed by atoms with Crippen LogP contribution in [0.25, 0.3) is 0 Å². The van der Waals surface area contributed by atoms with Crippen LogP contribution in [0.5, 0.6) is 0 Å². The highest BCUT2D eigenvalue weighted by Crippen LogP contribution is 2.20. The van der Waals surface area contributed by atoms with Crippen molar-refractivity contribution in [3.05, 3.63) is 18.6 Å². The zero-order valence-electron chi connectivity index (χ0n) is 9.56. The lowest BCUT2D eigenvalue weighted by molar-refractivity contribution is -0.137. The minimum Gasteiger partial charge on any atom is -0.481 e. The maximum Gasteiger partial charge on any atom is 0.305 e. The summed E-state index contributed by atoms with van der Waals surface area (Å²) in [6.45, 7) is 0.261. The fourth-order valence-corrected chi connectivity index (χ4v) is 3.54. The molecular weight excluding hydrogens is 258 g/mol. The van der Waals surface area contributed by atoms with Gasteiger partial charge in [0.15, 0.2) is 9.84 Å². The van der Waals surface area contributed by atoms with E-state index in [4.69, 9.17) is 5.11 Å². The first-order valence-electron chi connectivity index (χ1n) is 5.43. The van der Waals surface area contributed by atoms with E-state index >= 15 is 0 Å².